The second-order valence-corrected chi connectivity index (χ2v) is 18.2. The Bertz CT molecular complexity index is 3220. The molecule has 0 unspecified atom stereocenters. The predicted molar refractivity (Wildman–Crippen MR) is 227 cm³/mol. The van der Waals surface area contributed by atoms with E-state index in [0.29, 0.717) is 39.1 Å². The zero-order chi connectivity index (χ0) is 45.8. The fraction of sp³-hybridized carbons (Fsp3) is 0.114. The highest BCUT2D eigenvalue weighted by Crippen LogP contribution is 2.38. The molecule has 0 radical (unpaired) electrons. The highest BCUT2D eigenvalue weighted by atomic mass is 35.5. The first kappa shape index (κ1) is 44.9. The molecule has 0 atom stereocenters. The van der Waals surface area contributed by atoms with Crippen molar-refractivity contribution in [1.29, 1.82) is 0 Å². The van der Waals surface area contributed by atoms with Crippen LogP contribution in [0, 0.1) is 6.92 Å². The number of carbonyl (C=O) groups is 2. The van der Waals surface area contributed by atoms with Gasteiger partial charge in [0.25, 0.3) is 11.8 Å². The summed E-state index contributed by atoms with van der Waals surface area (Å²) in [6, 6.07) is 22.4. The Hall–Kier alpha value is -7.09. The molecule has 20 heteroatoms. The number of benzene rings is 4. The van der Waals surface area contributed by atoms with Crippen LogP contribution in [-0.4, -0.2) is 55.1 Å². The maximum absolute atomic E-state index is 13.5. The SMILES string of the molecule is COc1ccc(S(=O)(=O)c2ccc(CNC(=O)c3cnc4nccn4c3)cc2)c(C(F)(F)F)c1.Cc1ccc(Cl)cc1S(=O)(=O)c1ccc(CNC(=O)c2cc3ccncc3o2)cc1. The van der Waals surface area contributed by atoms with Crippen LogP contribution in [0.5, 0.6) is 5.75 Å². The molecule has 2 amide bonds. The summed E-state index contributed by atoms with van der Waals surface area (Å²) in [5, 5.41) is 6.60. The van der Waals surface area contributed by atoms with Gasteiger partial charge in [-0.3, -0.25) is 19.0 Å². The van der Waals surface area contributed by atoms with E-state index in [1.54, 1.807) is 78.7 Å². The lowest BCUT2D eigenvalue weighted by molar-refractivity contribution is -0.140. The quantitative estimate of drug-likeness (QED) is 0.128. The number of aromatic nitrogens is 4. The van der Waals surface area contributed by atoms with Crippen LogP contribution in [0.4, 0.5) is 13.2 Å². The fourth-order valence-electron chi connectivity index (χ4n) is 6.27. The third kappa shape index (κ3) is 9.91. The first-order valence-electron chi connectivity index (χ1n) is 18.8. The molecule has 328 valence electrons. The number of ether oxygens (including phenoxy) is 1. The van der Waals surface area contributed by atoms with Gasteiger partial charge in [-0.1, -0.05) is 41.9 Å². The summed E-state index contributed by atoms with van der Waals surface area (Å²) in [4.78, 5) is 35.9. The Labute approximate surface area is 368 Å². The molecule has 0 bridgehead atoms. The summed E-state index contributed by atoms with van der Waals surface area (Å²) in [6.45, 7) is 2.02. The van der Waals surface area contributed by atoms with Gasteiger partial charge in [0.2, 0.25) is 25.5 Å². The minimum Gasteiger partial charge on any atom is -0.497 e. The monoisotopic (exact) mass is 930 g/mol. The molecule has 0 saturated carbocycles. The number of halogens is 4. The number of imidazole rings is 1. The predicted octanol–water partition coefficient (Wildman–Crippen LogP) is 8.07. The van der Waals surface area contributed by atoms with Gasteiger partial charge in [-0.2, -0.15) is 13.2 Å². The standard InChI is InChI=1S/C22H17ClN2O4S.C22H17F3N4O4S/c1-14-2-5-17(23)11-21(14)30(27,28)18-6-3-15(4-7-18)12-25-22(26)19-10-16-8-9-24-13-20(16)29-19;1-33-16-4-7-19(18(10-16)22(23,24)25)34(31,32)17-5-2-14(3-6-17)11-27-20(30)15-12-28-21-26-8-9-29(21)13-15/h2-11,13H,12H2,1H3,(H,25,26);2-10,12-13H,11H2,1H3,(H,27,30). The molecule has 2 N–H and O–H groups in total. The molecule has 0 spiro atoms. The van der Waals surface area contributed by atoms with Crippen molar-refractivity contribution in [2.24, 2.45) is 0 Å². The molecule has 4 aromatic heterocycles. The smallest absolute Gasteiger partial charge is 0.417 e. The van der Waals surface area contributed by atoms with Gasteiger partial charge in [-0.25, -0.2) is 26.8 Å². The lowest BCUT2D eigenvalue weighted by atomic mass is 10.2. The van der Waals surface area contributed by atoms with Crippen molar-refractivity contribution >= 4 is 59.8 Å². The van der Waals surface area contributed by atoms with Gasteiger partial charge >= 0.3 is 6.18 Å². The number of nitrogens with one attached hydrogen (secondary N) is 2. The van der Waals surface area contributed by atoms with E-state index in [0.717, 1.165) is 23.1 Å². The number of fused-ring (bicyclic) bond motifs is 2. The highest BCUT2D eigenvalue weighted by molar-refractivity contribution is 7.91. The number of aryl methyl sites for hydroxylation is 1. The van der Waals surface area contributed by atoms with Crippen molar-refractivity contribution in [2.45, 2.75) is 45.8 Å². The van der Waals surface area contributed by atoms with Crippen LogP contribution in [0.15, 0.2) is 158 Å². The molecule has 0 aliphatic carbocycles. The van der Waals surface area contributed by atoms with E-state index in [-0.39, 0.29) is 45.2 Å². The Morgan fingerprint density at radius 3 is 2.03 bits per heavy atom. The molecule has 0 aliphatic heterocycles. The Morgan fingerprint density at radius 1 is 0.766 bits per heavy atom. The Morgan fingerprint density at radius 2 is 1.41 bits per heavy atom. The van der Waals surface area contributed by atoms with Gasteiger partial charge < -0.3 is 19.8 Å². The first-order valence-corrected chi connectivity index (χ1v) is 22.2. The zero-order valence-corrected chi connectivity index (χ0v) is 35.9. The second-order valence-electron chi connectivity index (χ2n) is 13.9. The number of rotatable bonds is 11. The number of hydrogen-bond acceptors (Lipinski definition) is 11. The largest absolute Gasteiger partial charge is 0.497 e. The molecular formula is C44H34ClF3N6O8S2. The maximum atomic E-state index is 13.5. The molecule has 4 heterocycles. The average molecular weight is 931 g/mol. The summed E-state index contributed by atoms with van der Waals surface area (Å²) in [7, 11) is -6.97. The van der Waals surface area contributed by atoms with Crippen molar-refractivity contribution < 1.29 is 48.7 Å². The average Bonchev–Trinajstić information content (AvgIpc) is 3.96. The van der Waals surface area contributed by atoms with E-state index in [9.17, 15) is 39.6 Å². The first-order chi connectivity index (χ1) is 30.4. The topological polar surface area (TPSA) is 192 Å². The van der Waals surface area contributed by atoms with Crippen molar-refractivity contribution in [2.75, 3.05) is 7.11 Å². The number of carbonyl (C=O) groups excluding carboxylic acids is 2. The minimum absolute atomic E-state index is 0.0669. The Kier molecular flexibility index (Phi) is 12.9. The van der Waals surface area contributed by atoms with Crippen molar-refractivity contribution in [3.63, 3.8) is 0 Å². The van der Waals surface area contributed by atoms with Crippen LogP contribution in [0.3, 0.4) is 0 Å². The minimum atomic E-state index is -4.89. The summed E-state index contributed by atoms with van der Waals surface area (Å²) in [5.41, 5.74) is 1.44. The van der Waals surface area contributed by atoms with E-state index in [4.69, 9.17) is 20.8 Å². The molecule has 64 heavy (non-hydrogen) atoms. The molecule has 4 aromatic carbocycles. The summed E-state index contributed by atoms with van der Waals surface area (Å²) >= 11 is 5.97. The number of hydrogen-bond donors (Lipinski definition) is 2. The van der Waals surface area contributed by atoms with Crippen LogP contribution in [0.2, 0.25) is 5.02 Å². The van der Waals surface area contributed by atoms with E-state index >= 15 is 0 Å². The number of furan rings is 1. The van der Waals surface area contributed by atoms with Crippen molar-refractivity contribution in [3.05, 3.63) is 173 Å². The van der Waals surface area contributed by atoms with Crippen LogP contribution < -0.4 is 15.4 Å². The number of amides is 2. The van der Waals surface area contributed by atoms with Gasteiger partial charge in [0.1, 0.15) is 5.75 Å². The fourth-order valence-corrected chi connectivity index (χ4v) is 9.48. The molecule has 0 aliphatic rings. The van der Waals surface area contributed by atoms with Gasteiger partial charge in [-0.05, 0) is 90.3 Å². The van der Waals surface area contributed by atoms with Crippen LogP contribution in [0.25, 0.3) is 16.7 Å². The van der Waals surface area contributed by atoms with Gasteiger partial charge in [0, 0.05) is 54.5 Å². The number of alkyl halides is 3. The third-order valence-electron chi connectivity index (χ3n) is 9.65. The van der Waals surface area contributed by atoms with E-state index in [1.807, 2.05) is 0 Å². The number of methoxy groups -OCH3 is 1. The number of sulfone groups is 2. The van der Waals surface area contributed by atoms with Crippen molar-refractivity contribution in [3.8, 4) is 5.75 Å². The molecule has 14 nitrogen and oxygen atoms in total. The zero-order valence-electron chi connectivity index (χ0n) is 33.5. The van der Waals surface area contributed by atoms with E-state index in [2.05, 4.69) is 25.6 Å². The van der Waals surface area contributed by atoms with Crippen LogP contribution >= 0.6 is 11.6 Å². The lowest BCUT2D eigenvalue weighted by Gasteiger charge is -2.15. The third-order valence-corrected chi connectivity index (χ3v) is 13.6. The summed E-state index contributed by atoms with van der Waals surface area (Å²) < 4.78 is 104. The second kappa shape index (κ2) is 18.3. The van der Waals surface area contributed by atoms with Gasteiger partial charge in [-0.15, -0.1) is 0 Å². The van der Waals surface area contributed by atoms with Gasteiger partial charge in [0.05, 0.1) is 44.0 Å². The number of pyridine rings is 1. The molecule has 0 saturated heterocycles. The Balaban J connectivity index is 0.000000193. The molecule has 8 rings (SSSR count). The van der Waals surface area contributed by atoms with Gasteiger partial charge in [0.15, 0.2) is 11.3 Å². The summed E-state index contributed by atoms with van der Waals surface area (Å²) in [6.07, 6.45) is 4.41. The van der Waals surface area contributed by atoms with E-state index in [1.165, 1.54) is 55.8 Å². The lowest BCUT2D eigenvalue weighted by Crippen LogP contribution is -2.23. The molecular weight excluding hydrogens is 897 g/mol. The molecule has 8 aromatic rings. The number of nitrogens with zero attached hydrogens (tertiary/aromatic N) is 4. The maximum Gasteiger partial charge on any atom is 0.417 e. The van der Waals surface area contributed by atoms with Crippen LogP contribution in [0.1, 0.15) is 43.2 Å². The highest BCUT2D eigenvalue weighted by Gasteiger charge is 2.38. The van der Waals surface area contributed by atoms with Crippen LogP contribution in [-0.2, 0) is 38.9 Å². The normalized spacial score (nSPS) is 11.8. The molecule has 0 fully saturated rings. The summed E-state index contributed by atoms with van der Waals surface area (Å²) in [5.74, 6) is -0.252. The van der Waals surface area contributed by atoms with E-state index < -0.39 is 42.2 Å². The van der Waals surface area contributed by atoms with Crippen molar-refractivity contribution in [1.82, 2.24) is 30.0 Å².